The molecule has 0 aromatic heterocycles. The zero-order chi connectivity index (χ0) is 12.6. The van der Waals surface area contributed by atoms with Gasteiger partial charge in [0, 0.05) is 10.7 Å². The smallest absolute Gasteiger partial charge is 0.0630 e. The lowest BCUT2D eigenvalue weighted by Gasteiger charge is -1.95. The van der Waals surface area contributed by atoms with E-state index in [0.29, 0.717) is 0 Å². The first-order valence-electron chi connectivity index (χ1n) is 5.83. The quantitative estimate of drug-likeness (QED) is 0.711. The second-order valence-corrected chi connectivity index (χ2v) is 4.79. The van der Waals surface area contributed by atoms with Crippen LogP contribution in [0.15, 0.2) is 76.2 Å². The van der Waals surface area contributed by atoms with Crippen molar-refractivity contribution in [2.75, 3.05) is 0 Å². The number of hydrogen-bond donors (Lipinski definition) is 0. The topological polar surface area (TPSA) is 12.4 Å². The molecule has 0 aliphatic rings. The van der Waals surface area contributed by atoms with Crippen molar-refractivity contribution in [3.8, 4) is 0 Å². The number of benzene rings is 2. The predicted octanol–water partition coefficient (Wildman–Crippen LogP) is 4.91. The monoisotopic (exact) mass is 299 g/mol. The van der Waals surface area contributed by atoms with Crippen LogP contribution >= 0.6 is 15.9 Å². The van der Waals surface area contributed by atoms with Crippen molar-refractivity contribution in [2.24, 2.45) is 4.99 Å². The highest BCUT2D eigenvalue weighted by Gasteiger charge is 1.90. The molecule has 0 saturated heterocycles. The maximum Gasteiger partial charge on any atom is 0.0630 e. The van der Waals surface area contributed by atoms with Gasteiger partial charge in [-0.25, -0.2) is 0 Å². The summed E-state index contributed by atoms with van der Waals surface area (Å²) < 4.78 is 0.996. The van der Waals surface area contributed by atoms with E-state index in [1.54, 1.807) is 0 Å². The molecule has 0 aliphatic heterocycles. The Morgan fingerprint density at radius 2 is 1.56 bits per heavy atom. The maximum absolute atomic E-state index is 4.38. The highest BCUT2D eigenvalue weighted by molar-refractivity contribution is 9.12. The first-order chi connectivity index (χ1) is 8.84. The van der Waals surface area contributed by atoms with E-state index in [4.69, 9.17) is 0 Å². The molecule has 0 bridgehead atoms. The normalized spacial score (nSPS) is 11.9. The molecule has 0 atom stereocenters. The van der Waals surface area contributed by atoms with Crippen molar-refractivity contribution in [2.45, 2.75) is 6.42 Å². The summed E-state index contributed by atoms with van der Waals surface area (Å²) in [5.74, 6) is 0. The van der Waals surface area contributed by atoms with Gasteiger partial charge in [0.2, 0.25) is 0 Å². The molecule has 0 N–H and O–H groups in total. The van der Waals surface area contributed by atoms with Crippen molar-refractivity contribution in [3.63, 3.8) is 0 Å². The average molecular weight is 300 g/mol. The minimum Gasteiger partial charge on any atom is -0.256 e. The molecule has 0 saturated carbocycles. The van der Waals surface area contributed by atoms with Crippen molar-refractivity contribution in [1.82, 2.24) is 0 Å². The third-order valence-electron chi connectivity index (χ3n) is 2.47. The van der Waals surface area contributed by atoms with E-state index in [1.807, 2.05) is 42.6 Å². The molecular formula is C16H14BrN. The molecule has 0 radical (unpaired) electrons. The number of rotatable bonds is 4. The number of para-hydroxylation sites is 1. The second-order valence-electron chi connectivity index (χ2n) is 3.87. The minimum absolute atomic E-state index is 0.905. The van der Waals surface area contributed by atoms with Crippen molar-refractivity contribution in [3.05, 3.63) is 76.8 Å². The lowest BCUT2D eigenvalue weighted by molar-refractivity contribution is 1.27. The SMILES string of the molecule is BrC(=C\Cc1ccccc1)/C=N/c1ccccc1. The number of halogens is 1. The van der Waals surface area contributed by atoms with E-state index in [2.05, 4.69) is 51.3 Å². The minimum atomic E-state index is 0.905. The van der Waals surface area contributed by atoms with Gasteiger partial charge in [0.1, 0.15) is 0 Å². The molecular weight excluding hydrogens is 286 g/mol. The molecule has 0 unspecified atom stereocenters. The van der Waals surface area contributed by atoms with Crippen LogP contribution in [0.4, 0.5) is 5.69 Å². The molecule has 0 amide bonds. The first kappa shape index (κ1) is 12.8. The van der Waals surface area contributed by atoms with Crippen LogP contribution < -0.4 is 0 Å². The van der Waals surface area contributed by atoms with Gasteiger partial charge < -0.3 is 0 Å². The number of hydrogen-bond acceptors (Lipinski definition) is 1. The second kappa shape index (κ2) is 6.92. The summed E-state index contributed by atoms with van der Waals surface area (Å²) in [6.07, 6.45) is 4.85. The lowest BCUT2D eigenvalue weighted by Crippen LogP contribution is -1.81. The zero-order valence-corrected chi connectivity index (χ0v) is 11.5. The Morgan fingerprint density at radius 1 is 0.944 bits per heavy atom. The van der Waals surface area contributed by atoms with Gasteiger partial charge in [0.25, 0.3) is 0 Å². The van der Waals surface area contributed by atoms with Gasteiger partial charge in [0.05, 0.1) is 5.69 Å². The number of aliphatic imine (C=N–C) groups is 1. The third-order valence-corrected chi connectivity index (χ3v) is 3.00. The summed E-state index contributed by atoms with van der Waals surface area (Å²) in [4.78, 5) is 4.38. The molecule has 0 fully saturated rings. The van der Waals surface area contributed by atoms with E-state index < -0.39 is 0 Å². The Kier molecular flexibility index (Phi) is 4.91. The first-order valence-corrected chi connectivity index (χ1v) is 6.62. The Morgan fingerprint density at radius 3 is 2.22 bits per heavy atom. The molecule has 0 heterocycles. The summed E-state index contributed by atoms with van der Waals surface area (Å²) in [6.45, 7) is 0. The average Bonchev–Trinajstić information content (AvgIpc) is 2.45. The van der Waals surface area contributed by atoms with E-state index in [-0.39, 0.29) is 0 Å². The van der Waals surface area contributed by atoms with Crippen molar-refractivity contribution in [1.29, 1.82) is 0 Å². The highest BCUT2D eigenvalue weighted by atomic mass is 79.9. The van der Waals surface area contributed by atoms with Crippen LogP contribution in [0, 0.1) is 0 Å². The number of allylic oxidation sites excluding steroid dienone is 2. The Balaban J connectivity index is 1.96. The van der Waals surface area contributed by atoms with Crippen molar-refractivity contribution >= 4 is 27.8 Å². The summed E-state index contributed by atoms with van der Waals surface area (Å²) in [5, 5.41) is 0. The van der Waals surface area contributed by atoms with Gasteiger partial charge in [-0.1, -0.05) is 54.6 Å². The molecule has 0 spiro atoms. The number of nitrogens with zero attached hydrogens (tertiary/aromatic N) is 1. The van der Waals surface area contributed by atoms with Gasteiger partial charge in [-0.05, 0) is 40.0 Å². The molecule has 18 heavy (non-hydrogen) atoms. The van der Waals surface area contributed by atoms with Crippen molar-refractivity contribution < 1.29 is 0 Å². The van der Waals surface area contributed by atoms with Gasteiger partial charge in [-0.15, -0.1) is 0 Å². The molecule has 1 nitrogen and oxygen atoms in total. The predicted molar refractivity (Wildman–Crippen MR) is 81.8 cm³/mol. The van der Waals surface area contributed by atoms with E-state index in [1.165, 1.54) is 5.56 Å². The fourth-order valence-corrected chi connectivity index (χ4v) is 1.80. The van der Waals surface area contributed by atoms with Crippen LogP contribution in [0.5, 0.6) is 0 Å². The summed E-state index contributed by atoms with van der Waals surface area (Å²) in [6, 6.07) is 20.3. The van der Waals surface area contributed by atoms with Gasteiger partial charge in [-0.2, -0.15) is 0 Å². The van der Waals surface area contributed by atoms with E-state index in [0.717, 1.165) is 16.6 Å². The molecule has 2 heteroatoms. The lowest BCUT2D eigenvalue weighted by atomic mass is 10.1. The largest absolute Gasteiger partial charge is 0.256 e. The Labute approximate surface area is 116 Å². The van der Waals surface area contributed by atoms with Crippen LogP contribution in [-0.2, 0) is 6.42 Å². The van der Waals surface area contributed by atoms with E-state index in [9.17, 15) is 0 Å². The summed E-state index contributed by atoms with van der Waals surface area (Å²) >= 11 is 3.50. The van der Waals surface area contributed by atoms with Crippen LogP contribution in [0.3, 0.4) is 0 Å². The molecule has 90 valence electrons. The molecule has 0 aliphatic carbocycles. The van der Waals surface area contributed by atoms with Crippen LogP contribution in [-0.4, -0.2) is 6.21 Å². The molecule has 2 aromatic carbocycles. The summed E-state index contributed by atoms with van der Waals surface area (Å²) in [7, 11) is 0. The maximum atomic E-state index is 4.38. The Hall–Kier alpha value is -1.67. The fraction of sp³-hybridized carbons (Fsp3) is 0.0625. The van der Waals surface area contributed by atoms with Gasteiger partial charge in [-0.3, -0.25) is 4.99 Å². The van der Waals surface area contributed by atoms with Crippen LogP contribution in [0.1, 0.15) is 5.56 Å². The standard InChI is InChI=1S/C16H14BrN/c17-15(12-11-14-7-3-1-4-8-14)13-18-16-9-5-2-6-10-16/h1-10,12-13H,11H2/b15-12-,18-13+. The molecule has 2 rings (SSSR count). The highest BCUT2D eigenvalue weighted by Crippen LogP contribution is 2.12. The van der Waals surface area contributed by atoms with Crippen LogP contribution in [0.25, 0.3) is 0 Å². The van der Waals surface area contributed by atoms with Crippen LogP contribution in [0.2, 0.25) is 0 Å². The third kappa shape index (κ3) is 4.30. The zero-order valence-electron chi connectivity index (χ0n) is 9.96. The molecule has 2 aromatic rings. The fourth-order valence-electron chi connectivity index (χ4n) is 1.53. The van der Waals surface area contributed by atoms with E-state index >= 15 is 0 Å². The van der Waals surface area contributed by atoms with Gasteiger partial charge >= 0.3 is 0 Å². The van der Waals surface area contributed by atoms with Gasteiger partial charge in [0.15, 0.2) is 0 Å². The Bertz CT molecular complexity index is 530. The summed E-state index contributed by atoms with van der Waals surface area (Å²) in [5.41, 5.74) is 2.25.